The number of carbonyl (C=O) groups is 1. The second kappa shape index (κ2) is 8.67. The zero-order chi connectivity index (χ0) is 20.1. The molecule has 0 saturated heterocycles. The molecular weight excluding hydrogens is 387 g/mol. The first-order valence-corrected chi connectivity index (χ1v) is 8.65. The number of halogens is 2. The Hall–Kier alpha value is -3.19. The molecule has 3 rings (SSSR count). The van der Waals surface area contributed by atoms with Gasteiger partial charge >= 0.3 is 5.97 Å². The molecule has 28 heavy (non-hydrogen) atoms. The summed E-state index contributed by atoms with van der Waals surface area (Å²) in [6.45, 7) is 1.62. The van der Waals surface area contributed by atoms with Gasteiger partial charge in [0.1, 0.15) is 11.6 Å². The van der Waals surface area contributed by atoms with Gasteiger partial charge in [0, 0.05) is 11.6 Å². The monoisotopic (exact) mass is 402 g/mol. The Morgan fingerprint density at radius 1 is 1.21 bits per heavy atom. The van der Waals surface area contributed by atoms with Gasteiger partial charge in [0.25, 0.3) is 5.89 Å². The third kappa shape index (κ3) is 4.75. The molecule has 144 valence electrons. The second-order valence-electron chi connectivity index (χ2n) is 5.76. The Balaban J connectivity index is 1.63. The van der Waals surface area contributed by atoms with Gasteiger partial charge in [-0.2, -0.15) is 0 Å². The number of benzene rings is 2. The summed E-state index contributed by atoms with van der Waals surface area (Å²) < 4.78 is 29.1. The zero-order valence-corrected chi connectivity index (χ0v) is 15.8. The largest absolute Gasteiger partial charge is 0.497 e. The molecule has 0 spiro atoms. The van der Waals surface area contributed by atoms with Crippen molar-refractivity contribution in [3.63, 3.8) is 0 Å². The quantitative estimate of drug-likeness (QED) is 0.433. The molecule has 0 aliphatic heterocycles. The van der Waals surface area contributed by atoms with E-state index < -0.39 is 17.9 Å². The molecule has 6 nitrogen and oxygen atoms in total. The fourth-order valence-electron chi connectivity index (χ4n) is 2.29. The van der Waals surface area contributed by atoms with E-state index in [1.54, 1.807) is 38.3 Å². The van der Waals surface area contributed by atoms with E-state index in [9.17, 15) is 9.18 Å². The van der Waals surface area contributed by atoms with Crippen molar-refractivity contribution >= 4 is 23.6 Å². The van der Waals surface area contributed by atoms with Gasteiger partial charge in [0.05, 0.1) is 12.1 Å². The molecule has 3 aromatic rings. The van der Waals surface area contributed by atoms with Gasteiger partial charge in [0.15, 0.2) is 6.10 Å². The average Bonchev–Trinajstić information content (AvgIpc) is 3.19. The first kappa shape index (κ1) is 19.6. The number of aromatic nitrogens is 2. The summed E-state index contributed by atoms with van der Waals surface area (Å²) >= 11 is 5.70. The van der Waals surface area contributed by atoms with Gasteiger partial charge in [-0.25, -0.2) is 9.18 Å². The number of carbonyl (C=O) groups excluding carboxylic acids is 1. The summed E-state index contributed by atoms with van der Waals surface area (Å²) in [6.07, 6.45) is 1.94. The average molecular weight is 403 g/mol. The van der Waals surface area contributed by atoms with Crippen LogP contribution in [0.25, 0.3) is 17.5 Å². The van der Waals surface area contributed by atoms with E-state index >= 15 is 0 Å². The molecule has 0 fully saturated rings. The molecule has 0 aliphatic carbocycles. The number of methoxy groups -OCH3 is 1. The molecule has 1 aromatic heterocycles. The van der Waals surface area contributed by atoms with Crippen molar-refractivity contribution in [1.82, 2.24) is 10.2 Å². The molecule has 1 heterocycles. The van der Waals surface area contributed by atoms with Gasteiger partial charge < -0.3 is 13.9 Å². The number of ether oxygens (including phenoxy) is 2. The van der Waals surface area contributed by atoms with Crippen LogP contribution in [0.1, 0.15) is 24.5 Å². The Morgan fingerprint density at radius 3 is 2.64 bits per heavy atom. The predicted octanol–water partition coefficient (Wildman–Crippen LogP) is 4.86. The van der Waals surface area contributed by atoms with Crippen LogP contribution in [0.3, 0.4) is 0 Å². The molecule has 0 bridgehead atoms. The minimum atomic E-state index is -0.742. The molecule has 0 saturated carbocycles. The molecule has 2 aromatic carbocycles. The fraction of sp³-hybridized carbons (Fsp3) is 0.150. The maximum atomic E-state index is 13.1. The minimum absolute atomic E-state index is 0.0270. The summed E-state index contributed by atoms with van der Waals surface area (Å²) in [6, 6.07) is 11.2. The highest BCUT2D eigenvalue weighted by Crippen LogP contribution is 2.24. The van der Waals surface area contributed by atoms with Crippen molar-refractivity contribution in [1.29, 1.82) is 0 Å². The highest BCUT2D eigenvalue weighted by atomic mass is 35.5. The smallest absolute Gasteiger partial charge is 0.331 e. The van der Waals surface area contributed by atoms with Crippen LogP contribution in [0.15, 0.2) is 53.0 Å². The third-order valence-corrected chi connectivity index (χ3v) is 4.06. The number of hydrogen-bond acceptors (Lipinski definition) is 6. The summed E-state index contributed by atoms with van der Waals surface area (Å²) in [5.74, 6) is 0.0330. The molecule has 0 radical (unpaired) electrons. The van der Waals surface area contributed by atoms with Crippen LogP contribution in [-0.2, 0) is 9.53 Å². The van der Waals surface area contributed by atoms with Gasteiger partial charge in [-0.3, -0.25) is 0 Å². The minimum Gasteiger partial charge on any atom is -0.497 e. The Kier molecular flexibility index (Phi) is 6.06. The van der Waals surface area contributed by atoms with E-state index in [-0.39, 0.29) is 10.9 Å². The van der Waals surface area contributed by atoms with E-state index in [0.29, 0.717) is 22.8 Å². The van der Waals surface area contributed by atoms with Crippen molar-refractivity contribution < 1.29 is 23.1 Å². The van der Waals surface area contributed by atoms with Crippen LogP contribution < -0.4 is 4.74 Å². The molecule has 8 heteroatoms. The third-order valence-electron chi connectivity index (χ3n) is 3.77. The van der Waals surface area contributed by atoms with Crippen molar-refractivity contribution in [3.8, 4) is 17.2 Å². The molecule has 1 atom stereocenters. The number of esters is 1. The number of hydrogen-bond donors (Lipinski definition) is 0. The maximum Gasteiger partial charge on any atom is 0.331 e. The highest BCUT2D eigenvalue weighted by Gasteiger charge is 2.18. The Bertz CT molecular complexity index is 1000. The summed E-state index contributed by atoms with van der Waals surface area (Å²) in [5, 5.41) is 7.86. The van der Waals surface area contributed by atoms with Crippen molar-refractivity contribution in [3.05, 3.63) is 70.8 Å². The lowest BCUT2D eigenvalue weighted by molar-refractivity contribution is -0.143. The Labute approximate surface area is 165 Å². The maximum absolute atomic E-state index is 13.1. The number of nitrogens with zero attached hydrogens (tertiary/aromatic N) is 2. The lowest BCUT2D eigenvalue weighted by atomic mass is 10.2. The van der Waals surface area contributed by atoms with Crippen molar-refractivity contribution in [2.45, 2.75) is 13.0 Å². The Morgan fingerprint density at radius 2 is 1.96 bits per heavy atom. The normalized spacial score (nSPS) is 12.1. The second-order valence-corrected chi connectivity index (χ2v) is 6.17. The zero-order valence-electron chi connectivity index (χ0n) is 15.1. The van der Waals surface area contributed by atoms with Gasteiger partial charge in [-0.15, -0.1) is 10.2 Å². The van der Waals surface area contributed by atoms with E-state index in [0.717, 1.165) is 0 Å². The summed E-state index contributed by atoms with van der Waals surface area (Å²) in [5.41, 5.74) is 1.28. The number of rotatable bonds is 6. The fourth-order valence-corrected chi connectivity index (χ4v) is 2.48. The van der Waals surface area contributed by atoms with Crippen LogP contribution in [0.4, 0.5) is 4.39 Å². The van der Waals surface area contributed by atoms with Gasteiger partial charge in [-0.1, -0.05) is 17.7 Å². The summed E-state index contributed by atoms with van der Waals surface area (Å²) in [4.78, 5) is 12.0. The van der Waals surface area contributed by atoms with E-state index in [1.807, 2.05) is 0 Å². The van der Waals surface area contributed by atoms with Crippen molar-refractivity contribution in [2.75, 3.05) is 7.11 Å². The van der Waals surface area contributed by atoms with E-state index in [2.05, 4.69) is 10.2 Å². The van der Waals surface area contributed by atoms with Crippen molar-refractivity contribution in [2.24, 2.45) is 0 Å². The van der Waals surface area contributed by atoms with Crippen LogP contribution in [-0.4, -0.2) is 23.3 Å². The van der Waals surface area contributed by atoms with E-state index in [1.165, 1.54) is 30.4 Å². The topological polar surface area (TPSA) is 74.5 Å². The van der Waals surface area contributed by atoms with Crippen LogP contribution >= 0.6 is 11.6 Å². The first-order chi connectivity index (χ1) is 13.5. The molecular formula is C20H16ClFN2O4. The highest BCUT2D eigenvalue weighted by molar-refractivity contribution is 6.30. The lowest BCUT2D eigenvalue weighted by Gasteiger charge is -2.06. The predicted molar refractivity (Wildman–Crippen MR) is 101 cm³/mol. The standard InChI is InChI=1S/C20H16ClFN2O4/c1-12(27-18(25)10-4-13-3-9-17(22)16(21)11-13)19-23-24-20(28-19)14-5-7-15(26-2)8-6-14/h3-12H,1-2H3/b10-4+/t12-/m1/s1. The lowest BCUT2D eigenvalue weighted by Crippen LogP contribution is -2.06. The SMILES string of the molecule is COc1ccc(-c2nnc([C@@H](C)OC(=O)/C=C/c3ccc(F)c(Cl)c3)o2)cc1. The molecule has 0 aliphatic rings. The van der Waals surface area contributed by atoms with Crippen LogP contribution in [0.5, 0.6) is 5.75 Å². The van der Waals surface area contributed by atoms with Crippen LogP contribution in [0, 0.1) is 5.82 Å². The first-order valence-electron chi connectivity index (χ1n) is 8.28. The van der Waals surface area contributed by atoms with Gasteiger partial charge in [0.2, 0.25) is 5.89 Å². The molecule has 0 amide bonds. The molecule has 0 N–H and O–H groups in total. The summed E-state index contributed by atoms with van der Waals surface area (Å²) in [7, 11) is 1.58. The van der Waals surface area contributed by atoms with Crippen LogP contribution in [0.2, 0.25) is 5.02 Å². The van der Waals surface area contributed by atoms with E-state index in [4.69, 9.17) is 25.5 Å². The molecule has 0 unspecified atom stereocenters. The van der Waals surface area contributed by atoms with Gasteiger partial charge in [-0.05, 0) is 55.0 Å².